The molecule has 1 aliphatic heterocycles. The molecule has 2 rings (SSSR count). The molecule has 1 N–H and O–H groups in total. The molecule has 16 heavy (non-hydrogen) atoms. The van der Waals surface area contributed by atoms with Crippen LogP contribution in [-0.2, 0) is 12.0 Å². The predicted molar refractivity (Wildman–Crippen MR) is 66.5 cm³/mol. The van der Waals surface area contributed by atoms with E-state index < -0.39 is 0 Å². The third-order valence-electron chi connectivity index (χ3n) is 3.40. The van der Waals surface area contributed by atoms with E-state index in [1.165, 1.54) is 18.4 Å². The summed E-state index contributed by atoms with van der Waals surface area (Å²) in [6.07, 6.45) is 6.79. The molecule has 0 aromatic carbocycles. The van der Waals surface area contributed by atoms with E-state index in [4.69, 9.17) is 0 Å². The fourth-order valence-corrected chi connectivity index (χ4v) is 2.18. The molecule has 0 bridgehead atoms. The van der Waals surface area contributed by atoms with Crippen molar-refractivity contribution in [3.8, 4) is 0 Å². The molecule has 90 valence electrons. The Hall–Kier alpha value is -0.830. The number of hydrogen-bond donors (Lipinski definition) is 1. The first-order chi connectivity index (χ1) is 7.55. The van der Waals surface area contributed by atoms with Gasteiger partial charge in [0.1, 0.15) is 0 Å². The largest absolute Gasteiger partial charge is 0.317 e. The first kappa shape index (κ1) is 11.6. The Morgan fingerprint density at radius 2 is 2.06 bits per heavy atom. The Bertz CT molecular complexity index is 329. The van der Waals surface area contributed by atoms with Crippen molar-refractivity contribution in [1.29, 1.82) is 0 Å². The zero-order valence-electron chi connectivity index (χ0n) is 10.7. The Morgan fingerprint density at radius 3 is 2.62 bits per heavy atom. The molecule has 1 aromatic rings. The van der Waals surface area contributed by atoms with Gasteiger partial charge in [0, 0.05) is 12.7 Å². The minimum atomic E-state index is 0.215. The number of rotatable bonds is 2. The molecule has 0 aliphatic carbocycles. The van der Waals surface area contributed by atoms with Gasteiger partial charge in [-0.2, -0.15) is 5.10 Å². The van der Waals surface area contributed by atoms with Gasteiger partial charge < -0.3 is 5.32 Å². The highest BCUT2D eigenvalue weighted by Crippen LogP contribution is 2.22. The van der Waals surface area contributed by atoms with Crippen LogP contribution in [0.25, 0.3) is 0 Å². The standard InChI is InChI=1S/C13H23N3/c1-13(2,3)12-8-15-16(10-12)9-11-4-6-14-7-5-11/h8,10-11,14H,4-7,9H2,1-3H3. The second kappa shape index (κ2) is 4.58. The molecule has 0 atom stereocenters. The Balaban J connectivity index is 1.97. The Labute approximate surface area is 98.2 Å². The van der Waals surface area contributed by atoms with Crippen molar-refractivity contribution in [3.63, 3.8) is 0 Å². The van der Waals surface area contributed by atoms with Gasteiger partial charge in [-0.3, -0.25) is 4.68 Å². The van der Waals surface area contributed by atoms with Crippen molar-refractivity contribution in [2.75, 3.05) is 13.1 Å². The molecular formula is C13H23N3. The number of nitrogens with one attached hydrogen (secondary N) is 1. The van der Waals surface area contributed by atoms with Crippen LogP contribution in [0.4, 0.5) is 0 Å². The summed E-state index contributed by atoms with van der Waals surface area (Å²) in [5.74, 6) is 0.800. The maximum Gasteiger partial charge on any atom is 0.0527 e. The maximum absolute atomic E-state index is 4.47. The average molecular weight is 221 g/mol. The van der Waals surface area contributed by atoms with Crippen LogP contribution in [0, 0.1) is 5.92 Å². The fraction of sp³-hybridized carbons (Fsp3) is 0.769. The van der Waals surface area contributed by atoms with E-state index >= 15 is 0 Å². The van der Waals surface area contributed by atoms with Crippen LogP contribution in [0.2, 0.25) is 0 Å². The topological polar surface area (TPSA) is 29.9 Å². The molecule has 0 spiro atoms. The van der Waals surface area contributed by atoms with Crippen LogP contribution in [-0.4, -0.2) is 22.9 Å². The van der Waals surface area contributed by atoms with Crippen molar-refractivity contribution in [2.24, 2.45) is 5.92 Å². The van der Waals surface area contributed by atoms with E-state index in [1.54, 1.807) is 0 Å². The summed E-state index contributed by atoms with van der Waals surface area (Å²) in [4.78, 5) is 0. The first-order valence-corrected chi connectivity index (χ1v) is 6.29. The zero-order valence-corrected chi connectivity index (χ0v) is 10.7. The summed E-state index contributed by atoms with van der Waals surface area (Å²) in [6.45, 7) is 10.1. The minimum Gasteiger partial charge on any atom is -0.317 e. The molecule has 0 saturated carbocycles. The van der Waals surface area contributed by atoms with Gasteiger partial charge in [0.05, 0.1) is 6.20 Å². The van der Waals surface area contributed by atoms with E-state index in [9.17, 15) is 0 Å². The second-order valence-electron chi connectivity index (χ2n) is 5.89. The van der Waals surface area contributed by atoms with Crippen LogP contribution in [0.1, 0.15) is 39.2 Å². The van der Waals surface area contributed by atoms with Gasteiger partial charge in [-0.1, -0.05) is 20.8 Å². The molecule has 3 heteroatoms. The van der Waals surface area contributed by atoms with Crippen molar-refractivity contribution in [2.45, 2.75) is 45.6 Å². The molecule has 0 radical (unpaired) electrons. The van der Waals surface area contributed by atoms with Gasteiger partial charge in [-0.25, -0.2) is 0 Å². The number of aromatic nitrogens is 2. The summed E-state index contributed by atoms with van der Waals surface area (Å²) >= 11 is 0. The highest BCUT2D eigenvalue weighted by atomic mass is 15.3. The highest BCUT2D eigenvalue weighted by molar-refractivity contribution is 5.15. The normalized spacial score (nSPS) is 18.9. The predicted octanol–water partition coefficient (Wildman–Crippen LogP) is 2.18. The summed E-state index contributed by atoms with van der Waals surface area (Å²) < 4.78 is 2.12. The SMILES string of the molecule is CC(C)(C)c1cnn(CC2CCNCC2)c1. The molecule has 2 heterocycles. The smallest absolute Gasteiger partial charge is 0.0527 e. The van der Waals surface area contributed by atoms with Gasteiger partial charge >= 0.3 is 0 Å². The van der Waals surface area contributed by atoms with Gasteiger partial charge in [-0.15, -0.1) is 0 Å². The quantitative estimate of drug-likeness (QED) is 0.829. The summed E-state index contributed by atoms with van der Waals surface area (Å²) in [5.41, 5.74) is 1.55. The molecule has 1 fully saturated rings. The van der Waals surface area contributed by atoms with Crippen LogP contribution in [0.15, 0.2) is 12.4 Å². The van der Waals surface area contributed by atoms with Gasteiger partial charge in [0.25, 0.3) is 0 Å². The zero-order chi connectivity index (χ0) is 11.6. The number of piperidine rings is 1. The number of nitrogens with zero attached hydrogens (tertiary/aromatic N) is 2. The van der Waals surface area contributed by atoms with Crippen LogP contribution >= 0.6 is 0 Å². The molecule has 0 amide bonds. The monoisotopic (exact) mass is 221 g/mol. The lowest BCUT2D eigenvalue weighted by atomic mass is 9.90. The lowest BCUT2D eigenvalue weighted by molar-refractivity contribution is 0.321. The lowest BCUT2D eigenvalue weighted by Gasteiger charge is -2.22. The van der Waals surface area contributed by atoms with Crippen LogP contribution < -0.4 is 5.32 Å². The van der Waals surface area contributed by atoms with Crippen LogP contribution in [0.5, 0.6) is 0 Å². The molecule has 1 aliphatic rings. The number of hydrogen-bond acceptors (Lipinski definition) is 2. The van der Waals surface area contributed by atoms with E-state index in [0.29, 0.717) is 0 Å². The molecule has 3 nitrogen and oxygen atoms in total. The van der Waals surface area contributed by atoms with E-state index in [-0.39, 0.29) is 5.41 Å². The summed E-state index contributed by atoms with van der Waals surface area (Å²) in [7, 11) is 0. The average Bonchev–Trinajstić information content (AvgIpc) is 2.67. The van der Waals surface area contributed by atoms with Crippen molar-refractivity contribution < 1.29 is 0 Å². The van der Waals surface area contributed by atoms with Crippen molar-refractivity contribution in [3.05, 3.63) is 18.0 Å². The third kappa shape index (κ3) is 2.85. The third-order valence-corrected chi connectivity index (χ3v) is 3.40. The van der Waals surface area contributed by atoms with Crippen molar-refractivity contribution in [1.82, 2.24) is 15.1 Å². The first-order valence-electron chi connectivity index (χ1n) is 6.29. The Kier molecular flexibility index (Phi) is 3.33. The minimum absolute atomic E-state index is 0.215. The lowest BCUT2D eigenvalue weighted by Crippen LogP contribution is -2.30. The second-order valence-corrected chi connectivity index (χ2v) is 5.89. The maximum atomic E-state index is 4.47. The van der Waals surface area contributed by atoms with Crippen molar-refractivity contribution >= 4 is 0 Å². The van der Waals surface area contributed by atoms with E-state index in [2.05, 4.69) is 42.1 Å². The van der Waals surface area contributed by atoms with Gasteiger partial charge in [-0.05, 0) is 42.8 Å². The van der Waals surface area contributed by atoms with Gasteiger partial charge in [0.15, 0.2) is 0 Å². The van der Waals surface area contributed by atoms with E-state index in [1.807, 2.05) is 6.20 Å². The summed E-state index contributed by atoms with van der Waals surface area (Å²) in [6, 6.07) is 0. The van der Waals surface area contributed by atoms with E-state index in [0.717, 1.165) is 25.6 Å². The molecular weight excluding hydrogens is 198 g/mol. The highest BCUT2D eigenvalue weighted by Gasteiger charge is 2.18. The van der Waals surface area contributed by atoms with Gasteiger partial charge in [0.2, 0.25) is 0 Å². The fourth-order valence-electron chi connectivity index (χ4n) is 2.18. The molecule has 1 aromatic heterocycles. The molecule has 1 saturated heterocycles. The Morgan fingerprint density at radius 1 is 1.38 bits per heavy atom. The summed E-state index contributed by atoms with van der Waals surface area (Å²) in [5, 5.41) is 7.87. The van der Waals surface area contributed by atoms with Crippen LogP contribution in [0.3, 0.4) is 0 Å². The molecule has 0 unspecified atom stereocenters.